The number of nitrogens with two attached hydrogens (primary N) is 1. The topological polar surface area (TPSA) is 66.6 Å². The predicted octanol–water partition coefficient (Wildman–Crippen LogP) is 2.58. The number of aryl methyl sites for hydroxylation is 3. The Labute approximate surface area is 162 Å². The number of carbonyl (C=O) groups is 2. The zero-order valence-corrected chi connectivity index (χ0v) is 16.9. The molecule has 2 aliphatic heterocycles. The molecule has 2 N–H and O–H groups in total. The molecule has 3 unspecified atom stereocenters. The van der Waals surface area contributed by atoms with Gasteiger partial charge in [0.1, 0.15) is 0 Å². The number of rotatable bonds is 3. The molecule has 2 saturated heterocycles. The third kappa shape index (κ3) is 3.74. The van der Waals surface area contributed by atoms with Gasteiger partial charge in [-0.2, -0.15) is 0 Å². The molecule has 0 bridgehead atoms. The van der Waals surface area contributed by atoms with Gasteiger partial charge < -0.3 is 15.5 Å². The lowest BCUT2D eigenvalue weighted by molar-refractivity contribution is -0.136. The van der Waals surface area contributed by atoms with Crippen LogP contribution in [0.5, 0.6) is 0 Å². The summed E-state index contributed by atoms with van der Waals surface area (Å²) in [6.45, 7) is 10.0. The molecule has 2 amide bonds. The molecule has 2 heterocycles. The summed E-state index contributed by atoms with van der Waals surface area (Å²) < 4.78 is 0. The summed E-state index contributed by atoms with van der Waals surface area (Å²) in [4.78, 5) is 29.4. The van der Waals surface area contributed by atoms with Crippen LogP contribution in [0.3, 0.4) is 0 Å². The van der Waals surface area contributed by atoms with E-state index in [4.69, 9.17) is 5.73 Å². The van der Waals surface area contributed by atoms with Crippen molar-refractivity contribution in [1.29, 1.82) is 0 Å². The number of amides is 2. The predicted molar refractivity (Wildman–Crippen MR) is 107 cm³/mol. The van der Waals surface area contributed by atoms with E-state index in [1.165, 1.54) is 5.56 Å². The lowest BCUT2D eigenvalue weighted by Crippen LogP contribution is -2.40. The summed E-state index contributed by atoms with van der Waals surface area (Å²) in [6, 6.07) is 4.41. The van der Waals surface area contributed by atoms with E-state index < -0.39 is 0 Å². The molecular weight excluding hydrogens is 350 g/mol. The summed E-state index contributed by atoms with van der Waals surface area (Å²) >= 11 is 0. The molecule has 26 heavy (non-hydrogen) atoms. The van der Waals surface area contributed by atoms with E-state index in [-0.39, 0.29) is 36.2 Å². The van der Waals surface area contributed by atoms with E-state index in [2.05, 4.69) is 26.0 Å². The van der Waals surface area contributed by atoms with E-state index in [1.54, 1.807) is 0 Å². The Kier molecular flexibility index (Phi) is 6.35. The molecule has 0 radical (unpaired) electrons. The van der Waals surface area contributed by atoms with Gasteiger partial charge in [-0.05, 0) is 57.7 Å². The van der Waals surface area contributed by atoms with Gasteiger partial charge in [0.2, 0.25) is 11.8 Å². The molecule has 2 aliphatic rings. The van der Waals surface area contributed by atoms with E-state index in [0.717, 1.165) is 29.8 Å². The van der Waals surface area contributed by atoms with Gasteiger partial charge in [0.25, 0.3) is 0 Å². The maximum absolute atomic E-state index is 13.0. The van der Waals surface area contributed by atoms with Crippen LogP contribution in [0.4, 0.5) is 5.69 Å². The van der Waals surface area contributed by atoms with E-state index in [1.807, 2.05) is 23.6 Å². The van der Waals surface area contributed by atoms with Crippen LogP contribution in [0, 0.1) is 32.6 Å². The number of likely N-dealkylation sites (tertiary alicyclic amines) is 1. The number of hydrogen-bond acceptors (Lipinski definition) is 3. The van der Waals surface area contributed by atoms with Gasteiger partial charge in [-0.1, -0.05) is 17.7 Å². The second-order valence-electron chi connectivity index (χ2n) is 7.83. The molecule has 5 nitrogen and oxygen atoms in total. The van der Waals surface area contributed by atoms with Crippen molar-refractivity contribution < 1.29 is 9.59 Å². The fourth-order valence-electron chi connectivity index (χ4n) is 4.54. The number of carbonyl (C=O) groups excluding carboxylic acids is 2. The average Bonchev–Trinajstić information content (AvgIpc) is 3.09. The van der Waals surface area contributed by atoms with Gasteiger partial charge in [-0.3, -0.25) is 9.59 Å². The molecule has 0 aliphatic carbocycles. The van der Waals surface area contributed by atoms with Crippen molar-refractivity contribution in [2.24, 2.45) is 17.6 Å². The maximum atomic E-state index is 13.0. The summed E-state index contributed by atoms with van der Waals surface area (Å²) in [7, 11) is 0. The molecule has 0 aromatic heterocycles. The first-order valence-corrected chi connectivity index (χ1v) is 9.20. The molecule has 6 heteroatoms. The molecule has 2 fully saturated rings. The molecule has 0 saturated carbocycles. The molecule has 3 atom stereocenters. The van der Waals surface area contributed by atoms with Crippen molar-refractivity contribution in [2.45, 2.75) is 46.6 Å². The van der Waals surface area contributed by atoms with Crippen LogP contribution in [-0.4, -0.2) is 42.4 Å². The lowest BCUT2D eigenvalue weighted by atomic mass is 10.0. The number of nitrogens with zero attached hydrogens (tertiary/aromatic N) is 2. The highest BCUT2D eigenvalue weighted by Gasteiger charge is 2.41. The van der Waals surface area contributed by atoms with Gasteiger partial charge in [0.05, 0.1) is 5.92 Å². The van der Waals surface area contributed by atoms with Crippen LogP contribution < -0.4 is 10.6 Å². The van der Waals surface area contributed by atoms with Gasteiger partial charge in [0, 0.05) is 31.2 Å². The van der Waals surface area contributed by atoms with Gasteiger partial charge in [-0.15, -0.1) is 12.4 Å². The minimum Gasteiger partial charge on any atom is -0.339 e. The summed E-state index contributed by atoms with van der Waals surface area (Å²) in [5.41, 5.74) is 10.1. The highest BCUT2D eigenvalue weighted by atomic mass is 35.5. The van der Waals surface area contributed by atoms with E-state index in [9.17, 15) is 9.59 Å². The maximum Gasteiger partial charge on any atom is 0.228 e. The summed E-state index contributed by atoms with van der Waals surface area (Å²) in [5.74, 6) is 0.303. The third-order valence-electron chi connectivity index (χ3n) is 5.66. The van der Waals surface area contributed by atoms with Crippen molar-refractivity contribution in [3.63, 3.8) is 0 Å². The average molecular weight is 380 g/mol. The van der Waals surface area contributed by atoms with Crippen LogP contribution in [0.1, 0.15) is 36.5 Å². The zero-order chi connectivity index (χ0) is 18.3. The number of halogens is 1. The van der Waals surface area contributed by atoms with Crippen molar-refractivity contribution in [1.82, 2.24) is 4.90 Å². The van der Waals surface area contributed by atoms with Crippen molar-refractivity contribution in [3.8, 4) is 0 Å². The number of hydrogen-bond donors (Lipinski definition) is 1. The SMILES string of the molecule is Cc1cc(C)c(N2CC(C(=O)N3CC(CN)CC3C)CC2=O)c(C)c1.Cl. The monoisotopic (exact) mass is 379 g/mol. The summed E-state index contributed by atoms with van der Waals surface area (Å²) in [5, 5.41) is 0. The second kappa shape index (κ2) is 7.97. The van der Waals surface area contributed by atoms with E-state index in [0.29, 0.717) is 25.4 Å². The van der Waals surface area contributed by atoms with Crippen molar-refractivity contribution >= 4 is 29.9 Å². The Morgan fingerprint density at radius 2 is 1.81 bits per heavy atom. The Bertz CT molecular complexity index is 683. The lowest BCUT2D eigenvalue weighted by Gasteiger charge is -2.26. The summed E-state index contributed by atoms with van der Waals surface area (Å²) in [6.07, 6.45) is 1.27. The van der Waals surface area contributed by atoms with Crippen LogP contribution in [0.2, 0.25) is 0 Å². The minimum absolute atomic E-state index is 0. The van der Waals surface area contributed by atoms with Crippen LogP contribution in [0.15, 0.2) is 12.1 Å². The van der Waals surface area contributed by atoms with Crippen LogP contribution in [-0.2, 0) is 9.59 Å². The molecular formula is C20H30ClN3O2. The van der Waals surface area contributed by atoms with Crippen LogP contribution >= 0.6 is 12.4 Å². The molecule has 1 aromatic rings. The molecule has 3 rings (SSSR count). The van der Waals surface area contributed by atoms with Gasteiger partial charge >= 0.3 is 0 Å². The standard InChI is InChI=1S/C20H29N3O2.ClH/c1-12-5-13(2)19(14(3)6-12)23-11-17(8-18(23)24)20(25)22-10-16(9-21)7-15(22)4;/h5-6,15-17H,7-11,21H2,1-4H3;1H. The highest BCUT2D eigenvalue weighted by molar-refractivity contribution is 6.01. The van der Waals surface area contributed by atoms with E-state index >= 15 is 0 Å². The molecule has 144 valence electrons. The third-order valence-corrected chi connectivity index (χ3v) is 5.66. The highest BCUT2D eigenvalue weighted by Crippen LogP contribution is 2.33. The first-order chi connectivity index (χ1) is 11.8. The quantitative estimate of drug-likeness (QED) is 0.877. The molecule has 1 aromatic carbocycles. The van der Waals surface area contributed by atoms with Gasteiger partial charge in [0.15, 0.2) is 0 Å². The largest absolute Gasteiger partial charge is 0.339 e. The van der Waals surface area contributed by atoms with Crippen molar-refractivity contribution in [2.75, 3.05) is 24.5 Å². The first kappa shape index (κ1) is 20.7. The fraction of sp³-hybridized carbons (Fsp3) is 0.600. The second-order valence-corrected chi connectivity index (χ2v) is 7.83. The number of anilines is 1. The normalized spacial score (nSPS) is 25.6. The first-order valence-electron chi connectivity index (χ1n) is 9.20. The minimum atomic E-state index is -0.244. The smallest absolute Gasteiger partial charge is 0.228 e. The Balaban J connectivity index is 0.00000243. The Hall–Kier alpha value is -1.59. The molecule has 0 spiro atoms. The van der Waals surface area contributed by atoms with Crippen LogP contribution in [0.25, 0.3) is 0 Å². The Morgan fingerprint density at radius 1 is 1.19 bits per heavy atom. The van der Waals surface area contributed by atoms with Crippen molar-refractivity contribution in [3.05, 3.63) is 28.8 Å². The number of benzene rings is 1. The van der Waals surface area contributed by atoms with Gasteiger partial charge in [-0.25, -0.2) is 0 Å². The fourth-order valence-corrected chi connectivity index (χ4v) is 4.54. The zero-order valence-electron chi connectivity index (χ0n) is 16.1. The Morgan fingerprint density at radius 3 is 2.35 bits per heavy atom.